The van der Waals surface area contributed by atoms with Gasteiger partial charge in [-0.1, -0.05) is 25.8 Å². The Balaban J connectivity index is 1.45. The lowest BCUT2D eigenvalue weighted by atomic mass is 9.48. The first-order chi connectivity index (χ1) is 16.3. The third kappa shape index (κ3) is 3.78. The number of halogens is 3. The van der Waals surface area contributed by atoms with Gasteiger partial charge < -0.3 is 10.2 Å². The van der Waals surface area contributed by atoms with E-state index in [0.717, 1.165) is 36.9 Å². The zero-order valence-electron chi connectivity index (χ0n) is 20.8. The van der Waals surface area contributed by atoms with Gasteiger partial charge in [-0.15, -0.1) is 0 Å². The van der Waals surface area contributed by atoms with Gasteiger partial charge in [-0.05, 0) is 80.8 Å². The van der Waals surface area contributed by atoms with E-state index in [1.54, 1.807) is 11.9 Å². The van der Waals surface area contributed by atoms with Gasteiger partial charge in [-0.3, -0.25) is 9.59 Å². The molecule has 5 rings (SSSR count). The molecule has 8 heteroatoms. The van der Waals surface area contributed by atoms with Crippen molar-refractivity contribution in [3.05, 3.63) is 35.2 Å². The summed E-state index contributed by atoms with van der Waals surface area (Å²) in [6.07, 6.45) is 3.89. The van der Waals surface area contributed by atoms with E-state index < -0.39 is 23.6 Å². The van der Waals surface area contributed by atoms with Crippen molar-refractivity contribution in [2.45, 2.75) is 71.9 Å². The van der Waals surface area contributed by atoms with Crippen molar-refractivity contribution < 1.29 is 22.8 Å². The summed E-state index contributed by atoms with van der Waals surface area (Å²) in [6.45, 7) is 6.76. The number of hydrogen-bond acceptors (Lipinski definition) is 3. The molecular formula is C27H34F3N3O2. The van der Waals surface area contributed by atoms with Crippen molar-refractivity contribution >= 4 is 17.6 Å². The first-order valence-electron chi connectivity index (χ1n) is 12.7. The molecule has 1 unspecified atom stereocenters. The van der Waals surface area contributed by atoms with E-state index in [9.17, 15) is 22.8 Å². The molecule has 35 heavy (non-hydrogen) atoms. The van der Waals surface area contributed by atoms with Crippen LogP contribution in [0, 0.1) is 34.5 Å². The highest BCUT2D eigenvalue weighted by Crippen LogP contribution is 2.65. The van der Waals surface area contributed by atoms with Gasteiger partial charge in [-0.25, -0.2) is 4.98 Å². The maximum Gasteiger partial charge on any atom is 0.416 e. The summed E-state index contributed by atoms with van der Waals surface area (Å²) < 4.78 is 39.4. The summed E-state index contributed by atoms with van der Waals surface area (Å²) in [5.74, 6) is -0.455. The lowest BCUT2D eigenvalue weighted by Gasteiger charge is -2.59. The number of piperidine rings is 1. The summed E-state index contributed by atoms with van der Waals surface area (Å²) in [6, 6.07) is 1.67. The first kappa shape index (κ1) is 24.3. The number of carbonyl (C=O) groups excluding carboxylic acids is 2. The van der Waals surface area contributed by atoms with Crippen LogP contribution in [0.3, 0.4) is 0 Å². The van der Waals surface area contributed by atoms with Crippen LogP contribution in [0.25, 0.3) is 0 Å². The first-order valence-corrected chi connectivity index (χ1v) is 12.7. The van der Waals surface area contributed by atoms with Crippen molar-refractivity contribution in [2.75, 3.05) is 12.4 Å². The molecule has 3 fully saturated rings. The van der Waals surface area contributed by atoms with Crippen molar-refractivity contribution in [2.24, 2.45) is 34.5 Å². The Morgan fingerprint density at radius 2 is 1.94 bits per heavy atom. The predicted molar refractivity (Wildman–Crippen MR) is 126 cm³/mol. The number of aromatic nitrogens is 1. The second kappa shape index (κ2) is 8.07. The molecule has 2 amide bonds. The number of pyridine rings is 1. The summed E-state index contributed by atoms with van der Waals surface area (Å²) in [7, 11) is 1.74. The number of hydrogen-bond donors (Lipinski definition) is 1. The number of fused-ring (bicyclic) bond motifs is 5. The fraction of sp³-hybridized carbons (Fsp3) is 0.667. The number of alkyl halides is 3. The number of amides is 2. The van der Waals surface area contributed by atoms with Crippen LogP contribution >= 0.6 is 0 Å². The Kier molecular flexibility index (Phi) is 5.61. The van der Waals surface area contributed by atoms with Gasteiger partial charge in [0.15, 0.2) is 0 Å². The molecule has 3 aliphatic carbocycles. The molecule has 1 N–H and O–H groups in total. The molecule has 0 spiro atoms. The van der Waals surface area contributed by atoms with Crippen LogP contribution in [0.4, 0.5) is 19.0 Å². The molecule has 0 aromatic carbocycles. The molecule has 6 atom stereocenters. The van der Waals surface area contributed by atoms with Crippen LogP contribution in [0.15, 0.2) is 29.6 Å². The van der Waals surface area contributed by atoms with Crippen molar-refractivity contribution in [3.8, 4) is 0 Å². The average Bonchev–Trinajstić information content (AvgIpc) is 3.18. The number of likely N-dealkylation sites (tertiary alicyclic amines) is 1. The number of nitrogens with zero attached hydrogens (tertiary/aromatic N) is 2. The second-order valence-electron chi connectivity index (χ2n) is 11.8. The Labute approximate surface area is 204 Å². The van der Waals surface area contributed by atoms with E-state index in [0.29, 0.717) is 29.6 Å². The van der Waals surface area contributed by atoms with Crippen LogP contribution in [-0.2, 0) is 15.8 Å². The van der Waals surface area contributed by atoms with E-state index in [1.807, 2.05) is 0 Å². The van der Waals surface area contributed by atoms with Gasteiger partial charge in [0.1, 0.15) is 11.7 Å². The van der Waals surface area contributed by atoms with Crippen LogP contribution in [0.5, 0.6) is 0 Å². The van der Waals surface area contributed by atoms with Gasteiger partial charge in [0, 0.05) is 24.4 Å². The van der Waals surface area contributed by atoms with Crippen LogP contribution in [0.1, 0.15) is 71.3 Å². The van der Waals surface area contributed by atoms with Crippen molar-refractivity contribution in [1.82, 2.24) is 9.88 Å². The smallest absolute Gasteiger partial charge is 0.318 e. The number of allylic oxidation sites excluding steroid dienone is 2. The normalized spacial score (nSPS) is 37.0. The number of carbonyl (C=O) groups is 2. The van der Waals surface area contributed by atoms with Gasteiger partial charge in [-0.2, -0.15) is 13.2 Å². The quantitative estimate of drug-likeness (QED) is 0.516. The van der Waals surface area contributed by atoms with E-state index >= 15 is 0 Å². The molecule has 1 saturated heterocycles. The SMILES string of the molecule is CC1=C2N(C)C(=O)C(C(=O)Nc3cc(C(F)(F)F)ccn3)C[C@]2(C)[C@@H]2CC[C@]3(C)CCC[C@H]3[C@@H]2C1. The third-order valence-corrected chi connectivity index (χ3v) is 9.77. The summed E-state index contributed by atoms with van der Waals surface area (Å²) in [4.78, 5) is 32.2. The molecule has 5 nitrogen and oxygen atoms in total. The lowest BCUT2D eigenvalue weighted by Crippen LogP contribution is -2.57. The van der Waals surface area contributed by atoms with E-state index in [1.165, 1.54) is 31.3 Å². The van der Waals surface area contributed by atoms with Gasteiger partial charge in [0.25, 0.3) is 0 Å². The highest BCUT2D eigenvalue weighted by molar-refractivity contribution is 6.07. The third-order valence-electron chi connectivity index (χ3n) is 9.77. The molecule has 190 valence electrons. The second-order valence-corrected chi connectivity index (χ2v) is 11.8. The fourth-order valence-corrected chi connectivity index (χ4v) is 8.34. The Morgan fingerprint density at radius 3 is 2.66 bits per heavy atom. The monoisotopic (exact) mass is 489 g/mol. The number of rotatable bonds is 2. The fourth-order valence-electron chi connectivity index (χ4n) is 8.34. The Bertz CT molecular complexity index is 1100. The maximum atomic E-state index is 13.3. The average molecular weight is 490 g/mol. The van der Waals surface area contributed by atoms with Crippen molar-refractivity contribution in [1.29, 1.82) is 0 Å². The largest absolute Gasteiger partial charge is 0.416 e. The van der Waals surface area contributed by atoms with Crippen LogP contribution in [-0.4, -0.2) is 28.7 Å². The Morgan fingerprint density at radius 1 is 1.20 bits per heavy atom. The maximum absolute atomic E-state index is 13.3. The molecular weight excluding hydrogens is 455 g/mol. The number of anilines is 1. The minimum Gasteiger partial charge on any atom is -0.318 e. The molecule has 1 aromatic heterocycles. The van der Waals surface area contributed by atoms with Gasteiger partial charge in [0.2, 0.25) is 11.8 Å². The minimum atomic E-state index is -4.54. The molecule has 4 aliphatic rings. The zero-order valence-corrected chi connectivity index (χ0v) is 20.8. The lowest BCUT2D eigenvalue weighted by molar-refractivity contribution is -0.147. The van der Waals surface area contributed by atoms with E-state index in [4.69, 9.17) is 0 Å². The topological polar surface area (TPSA) is 62.3 Å². The Hall–Kier alpha value is -2.38. The van der Waals surface area contributed by atoms with E-state index in [-0.39, 0.29) is 17.1 Å². The van der Waals surface area contributed by atoms with E-state index in [2.05, 4.69) is 31.1 Å². The summed E-state index contributed by atoms with van der Waals surface area (Å²) >= 11 is 0. The summed E-state index contributed by atoms with van der Waals surface area (Å²) in [5, 5.41) is 2.50. The standard InChI is InChI=1S/C27H34F3N3O2/c1-15-12-17-19-6-5-9-25(19,2)10-7-20(17)26(3)14-18(24(35)33(4)22(15)26)23(34)32-21-13-16(8-11-31-21)27(28,29)30/h8,11,13,17-20H,5-7,9-10,12,14H2,1-4H3,(H,31,32,34)/t17-,18?,19-,20+,25-,26+/m0/s1. The highest BCUT2D eigenvalue weighted by atomic mass is 19.4. The molecule has 0 bridgehead atoms. The van der Waals surface area contributed by atoms with Gasteiger partial charge >= 0.3 is 6.18 Å². The minimum absolute atomic E-state index is 0.191. The molecule has 0 radical (unpaired) electrons. The molecule has 2 saturated carbocycles. The zero-order chi connectivity index (χ0) is 25.3. The molecule has 2 heterocycles. The van der Waals surface area contributed by atoms with Crippen molar-refractivity contribution in [3.63, 3.8) is 0 Å². The van der Waals surface area contributed by atoms with Crippen LogP contribution < -0.4 is 5.32 Å². The van der Waals surface area contributed by atoms with Crippen LogP contribution in [0.2, 0.25) is 0 Å². The predicted octanol–water partition coefficient (Wildman–Crippen LogP) is 6.03. The number of nitrogens with one attached hydrogen (secondary N) is 1. The molecule has 1 aliphatic heterocycles. The molecule has 1 aromatic rings. The van der Waals surface area contributed by atoms with Gasteiger partial charge in [0.05, 0.1) is 5.56 Å². The summed E-state index contributed by atoms with van der Waals surface area (Å²) in [5.41, 5.74) is 1.45. The highest BCUT2D eigenvalue weighted by Gasteiger charge is 2.60.